The first-order chi connectivity index (χ1) is 9.83. The molecular weight excluding hydrogens is 272 g/mol. The molecule has 0 saturated heterocycles. The molecule has 0 spiro atoms. The monoisotopic (exact) mass is 286 g/mol. The van der Waals surface area contributed by atoms with Gasteiger partial charge in [0, 0.05) is 16.8 Å². The van der Waals surface area contributed by atoms with Crippen molar-refractivity contribution in [3.05, 3.63) is 52.1 Å². The third kappa shape index (κ3) is 1.88. The summed E-state index contributed by atoms with van der Waals surface area (Å²) in [6.45, 7) is 0.708. The first-order valence-corrected chi connectivity index (χ1v) is 7.47. The van der Waals surface area contributed by atoms with Gasteiger partial charge in [-0.3, -0.25) is 0 Å². The van der Waals surface area contributed by atoms with Gasteiger partial charge in [-0.05, 0) is 31.7 Å². The molecule has 0 saturated carbocycles. The molecule has 1 atom stereocenters. The molecule has 20 heavy (non-hydrogen) atoms. The van der Waals surface area contributed by atoms with Gasteiger partial charge in [-0.25, -0.2) is 9.97 Å². The van der Waals surface area contributed by atoms with Crippen molar-refractivity contribution >= 4 is 11.6 Å². The van der Waals surface area contributed by atoms with E-state index in [4.69, 9.17) is 21.3 Å². The van der Waals surface area contributed by atoms with Crippen LogP contribution >= 0.6 is 11.6 Å². The van der Waals surface area contributed by atoms with Crippen LogP contribution in [0.2, 0.25) is 5.15 Å². The highest BCUT2D eigenvalue weighted by Crippen LogP contribution is 2.38. The van der Waals surface area contributed by atoms with Gasteiger partial charge in [0.1, 0.15) is 16.7 Å². The predicted octanol–water partition coefficient (Wildman–Crippen LogP) is 3.53. The van der Waals surface area contributed by atoms with E-state index in [2.05, 4.69) is 11.1 Å². The zero-order valence-electron chi connectivity index (χ0n) is 11.1. The summed E-state index contributed by atoms with van der Waals surface area (Å²) in [7, 11) is 0. The Hall–Kier alpha value is -1.61. The Morgan fingerprint density at radius 2 is 2.05 bits per heavy atom. The summed E-state index contributed by atoms with van der Waals surface area (Å²) in [5.74, 6) is 2.00. The zero-order chi connectivity index (χ0) is 13.5. The molecule has 0 bridgehead atoms. The van der Waals surface area contributed by atoms with Crippen molar-refractivity contribution in [2.24, 2.45) is 0 Å². The second-order valence-corrected chi connectivity index (χ2v) is 5.74. The van der Waals surface area contributed by atoms with E-state index in [0.717, 1.165) is 48.5 Å². The summed E-state index contributed by atoms with van der Waals surface area (Å²) in [6, 6.07) is 8.15. The van der Waals surface area contributed by atoms with Gasteiger partial charge < -0.3 is 4.74 Å². The Kier molecular flexibility index (Phi) is 2.88. The number of ether oxygens (including phenoxy) is 1. The number of hydrogen-bond acceptors (Lipinski definition) is 3. The number of benzene rings is 1. The molecule has 1 aromatic heterocycles. The third-order valence-electron chi connectivity index (χ3n) is 4.17. The van der Waals surface area contributed by atoms with Gasteiger partial charge in [0.05, 0.1) is 12.5 Å². The molecule has 1 aliphatic heterocycles. The van der Waals surface area contributed by atoms with E-state index in [1.54, 1.807) is 0 Å². The van der Waals surface area contributed by atoms with Crippen LogP contribution in [0, 0.1) is 0 Å². The summed E-state index contributed by atoms with van der Waals surface area (Å²) in [6.07, 6.45) is 4.08. The Morgan fingerprint density at radius 3 is 3.00 bits per heavy atom. The Bertz CT molecular complexity index is 672. The van der Waals surface area contributed by atoms with Crippen LogP contribution < -0.4 is 4.74 Å². The van der Waals surface area contributed by atoms with Gasteiger partial charge in [-0.1, -0.05) is 29.8 Å². The van der Waals surface area contributed by atoms with Crippen LogP contribution in [-0.2, 0) is 12.8 Å². The molecule has 1 unspecified atom stereocenters. The molecule has 0 radical (unpaired) electrons. The number of nitrogens with zero attached hydrogens (tertiary/aromatic N) is 2. The van der Waals surface area contributed by atoms with Crippen LogP contribution in [0.3, 0.4) is 0 Å². The minimum atomic E-state index is 0.198. The molecule has 102 valence electrons. The van der Waals surface area contributed by atoms with Crippen molar-refractivity contribution in [3.63, 3.8) is 0 Å². The van der Waals surface area contributed by atoms with Crippen molar-refractivity contribution in [2.45, 2.75) is 31.6 Å². The lowest BCUT2D eigenvalue weighted by Gasteiger charge is -2.25. The zero-order valence-corrected chi connectivity index (χ0v) is 11.9. The van der Waals surface area contributed by atoms with E-state index in [9.17, 15) is 0 Å². The number of halogens is 1. The van der Waals surface area contributed by atoms with E-state index in [1.807, 2.05) is 18.2 Å². The number of hydrogen-bond donors (Lipinski definition) is 0. The summed E-state index contributed by atoms with van der Waals surface area (Å²) in [5.41, 5.74) is 3.47. The van der Waals surface area contributed by atoms with Crippen molar-refractivity contribution in [3.8, 4) is 5.75 Å². The largest absolute Gasteiger partial charge is 0.493 e. The van der Waals surface area contributed by atoms with E-state index in [0.29, 0.717) is 11.8 Å². The minimum absolute atomic E-state index is 0.198. The maximum atomic E-state index is 6.34. The molecule has 1 aromatic carbocycles. The van der Waals surface area contributed by atoms with E-state index >= 15 is 0 Å². The second kappa shape index (κ2) is 4.74. The Labute approximate surface area is 123 Å². The fraction of sp³-hybridized carbons (Fsp3) is 0.375. The molecule has 4 heteroatoms. The first-order valence-electron chi connectivity index (χ1n) is 7.10. The highest BCUT2D eigenvalue weighted by atomic mass is 35.5. The molecule has 1 aliphatic carbocycles. The number of rotatable bonds is 1. The van der Waals surface area contributed by atoms with Crippen molar-refractivity contribution < 1.29 is 4.74 Å². The van der Waals surface area contributed by atoms with E-state index in [-0.39, 0.29) is 5.92 Å². The van der Waals surface area contributed by atoms with Crippen LogP contribution in [0.25, 0.3) is 0 Å². The first kappa shape index (κ1) is 12.2. The van der Waals surface area contributed by atoms with Gasteiger partial charge in [0.25, 0.3) is 0 Å². The average molecular weight is 287 g/mol. The van der Waals surface area contributed by atoms with Gasteiger partial charge in [0.2, 0.25) is 0 Å². The Balaban J connectivity index is 1.81. The lowest BCUT2D eigenvalue weighted by Crippen LogP contribution is -2.18. The molecule has 2 aliphatic rings. The van der Waals surface area contributed by atoms with Crippen LogP contribution in [0.15, 0.2) is 24.3 Å². The number of aromatic nitrogens is 2. The summed E-state index contributed by atoms with van der Waals surface area (Å²) in [4.78, 5) is 9.35. The summed E-state index contributed by atoms with van der Waals surface area (Å²) >= 11 is 6.34. The van der Waals surface area contributed by atoms with Crippen molar-refractivity contribution in [1.29, 1.82) is 0 Å². The highest BCUT2D eigenvalue weighted by Gasteiger charge is 2.27. The normalized spacial score (nSPS) is 20.1. The molecule has 3 nitrogen and oxygen atoms in total. The highest BCUT2D eigenvalue weighted by molar-refractivity contribution is 6.30. The fourth-order valence-electron chi connectivity index (χ4n) is 3.17. The van der Waals surface area contributed by atoms with Crippen molar-refractivity contribution in [2.75, 3.05) is 6.61 Å². The number of fused-ring (bicyclic) bond motifs is 2. The quantitative estimate of drug-likeness (QED) is 0.752. The van der Waals surface area contributed by atoms with E-state index in [1.165, 1.54) is 5.56 Å². The standard InChI is InChI=1S/C16H15ClN2O/c17-15-12-5-3-6-13(12)18-16(19-15)11-8-9-20-14-7-2-1-4-10(11)14/h1-2,4,7,11H,3,5-6,8-9H2. The molecule has 4 rings (SSSR count). The topological polar surface area (TPSA) is 35.0 Å². The van der Waals surface area contributed by atoms with Crippen LogP contribution in [0.1, 0.15) is 41.4 Å². The fourth-order valence-corrected chi connectivity index (χ4v) is 3.46. The maximum Gasteiger partial charge on any atom is 0.138 e. The lowest BCUT2D eigenvalue weighted by atomic mass is 9.92. The smallest absolute Gasteiger partial charge is 0.138 e. The molecule has 0 amide bonds. The van der Waals surface area contributed by atoms with Gasteiger partial charge in [-0.15, -0.1) is 0 Å². The number of aryl methyl sites for hydroxylation is 1. The third-order valence-corrected chi connectivity index (χ3v) is 4.48. The van der Waals surface area contributed by atoms with Crippen LogP contribution in [-0.4, -0.2) is 16.6 Å². The van der Waals surface area contributed by atoms with Crippen LogP contribution in [0.4, 0.5) is 0 Å². The lowest BCUT2D eigenvalue weighted by molar-refractivity contribution is 0.274. The average Bonchev–Trinajstić information content (AvgIpc) is 2.95. The second-order valence-electron chi connectivity index (χ2n) is 5.38. The van der Waals surface area contributed by atoms with Crippen LogP contribution in [0.5, 0.6) is 5.75 Å². The number of para-hydroxylation sites is 1. The molecule has 0 N–H and O–H groups in total. The Morgan fingerprint density at radius 1 is 1.15 bits per heavy atom. The van der Waals surface area contributed by atoms with Gasteiger partial charge in [-0.2, -0.15) is 0 Å². The maximum absolute atomic E-state index is 6.34. The molecule has 2 aromatic rings. The van der Waals surface area contributed by atoms with Gasteiger partial charge >= 0.3 is 0 Å². The minimum Gasteiger partial charge on any atom is -0.493 e. The molecular formula is C16H15ClN2O. The van der Waals surface area contributed by atoms with E-state index < -0.39 is 0 Å². The SMILES string of the molecule is Clc1nc(C2CCOc3ccccc32)nc2c1CCC2. The molecule has 2 heterocycles. The van der Waals surface area contributed by atoms with Crippen molar-refractivity contribution in [1.82, 2.24) is 9.97 Å². The predicted molar refractivity (Wildman–Crippen MR) is 77.5 cm³/mol. The summed E-state index contributed by atoms with van der Waals surface area (Å²) in [5, 5.41) is 0.645. The summed E-state index contributed by atoms with van der Waals surface area (Å²) < 4.78 is 5.71. The molecule has 0 fully saturated rings. The van der Waals surface area contributed by atoms with Gasteiger partial charge in [0.15, 0.2) is 0 Å².